The van der Waals surface area contributed by atoms with Crippen LogP contribution in [0.4, 0.5) is 0 Å². The van der Waals surface area contributed by atoms with Gasteiger partial charge >= 0.3 is 97.0 Å². The van der Waals surface area contributed by atoms with Crippen LogP contribution >= 0.6 is 0 Å². The summed E-state index contributed by atoms with van der Waals surface area (Å²) >= 11 is 0. The van der Waals surface area contributed by atoms with E-state index in [1.165, 1.54) is 0 Å². The Bertz CT molecular complexity index is 161. The van der Waals surface area contributed by atoms with Crippen LogP contribution in [0.25, 0.3) is 0 Å². The molecule has 0 spiro atoms. The summed E-state index contributed by atoms with van der Waals surface area (Å²) in [5.41, 5.74) is 0. The average Bonchev–Trinajstić information content (AvgIpc) is 1.19. The third kappa shape index (κ3) is 323. The van der Waals surface area contributed by atoms with Crippen molar-refractivity contribution in [1.82, 2.24) is 0 Å². The van der Waals surface area contributed by atoms with Gasteiger partial charge in [-0.05, 0) is 0 Å². The van der Waals surface area contributed by atoms with E-state index in [1.807, 2.05) is 0 Å². The molecule has 0 amide bonds. The van der Waals surface area contributed by atoms with Crippen molar-refractivity contribution in [3.8, 4) is 0 Å². The third-order valence-corrected chi connectivity index (χ3v) is 0. The summed E-state index contributed by atoms with van der Waals surface area (Å²) < 4.78 is 31.6. The second kappa shape index (κ2) is 11.9. The molecule has 8 nitrogen and oxygen atoms in total. The van der Waals surface area contributed by atoms with Gasteiger partial charge in [0.15, 0.2) is 0 Å². The van der Waals surface area contributed by atoms with Crippen molar-refractivity contribution in [2.75, 3.05) is 0 Å². The summed E-state index contributed by atoms with van der Waals surface area (Å²) in [4.78, 5) is 8.36. The van der Waals surface area contributed by atoms with E-state index in [4.69, 9.17) is 32.8 Å². The Morgan fingerprint density at radius 1 is 1.27 bits per heavy atom. The predicted molar refractivity (Wildman–Crippen MR) is 37.3 cm³/mol. The molecule has 0 atom stereocenters. The fraction of sp³-hybridized carbons (Fsp3) is 0. The van der Waals surface area contributed by atoms with Crippen molar-refractivity contribution in [3.63, 3.8) is 0 Å². The second-order valence-electron chi connectivity index (χ2n) is 0.686. The fourth-order valence-electron chi connectivity index (χ4n) is 0. The number of nitrogens with zero attached hydrogens (tertiary/aromatic N) is 1. The Labute approximate surface area is 132 Å². The van der Waals surface area contributed by atoms with Crippen LogP contribution < -0.4 is 0 Å². The van der Waals surface area contributed by atoms with Gasteiger partial charge in [-0.1, -0.05) is 0 Å². The molecule has 0 saturated heterocycles. The molecule has 0 unspecified atom stereocenters. The van der Waals surface area contributed by atoms with Crippen molar-refractivity contribution in [3.05, 3.63) is 10.1 Å². The van der Waals surface area contributed by atoms with E-state index in [9.17, 15) is 0 Å². The first kappa shape index (κ1) is 23.1. The standard InChI is InChI=1S/Ba.Ca.HNO3.H2O4S.2H/c;;2-1(3)4;1-5(2,3)4;;/h;;(H,2,3,4);(H2,1,2,3,4);;/q+2;;;;;. The van der Waals surface area contributed by atoms with E-state index >= 15 is 0 Å². The van der Waals surface area contributed by atoms with Crippen molar-refractivity contribution >= 4 is 97.0 Å². The Morgan fingerprint density at radius 3 is 1.27 bits per heavy atom. The van der Waals surface area contributed by atoms with Gasteiger partial charge in [-0.3, -0.25) is 9.11 Å². The molecule has 3 N–H and O–H groups in total. The van der Waals surface area contributed by atoms with E-state index in [0.29, 0.717) is 0 Å². The minimum atomic E-state index is -4.67. The predicted octanol–water partition coefficient (Wildman–Crippen LogP) is -2.30. The number of rotatable bonds is 0. The van der Waals surface area contributed by atoms with Gasteiger partial charge in [0.2, 0.25) is 0 Å². The first-order chi connectivity index (χ1) is 3.73. The average molecular weight is 341 g/mol. The molecular weight excluding hydrogens is 335 g/mol. The minimum absolute atomic E-state index is 0. The molecule has 11 heteroatoms. The Kier molecular flexibility index (Phi) is 25.0. The van der Waals surface area contributed by atoms with Crippen molar-refractivity contribution in [1.29, 1.82) is 0 Å². The van der Waals surface area contributed by atoms with Crippen LogP contribution in [0.1, 0.15) is 0 Å². The van der Waals surface area contributed by atoms with Crippen LogP contribution in [0.2, 0.25) is 0 Å². The maximum atomic E-state index is 8.74. The van der Waals surface area contributed by atoms with Crippen molar-refractivity contribution in [2.45, 2.75) is 0 Å². The molecule has 0 aliphatic heterocycles. The fourth-order valence-corrected chi connectivity index (χ4v) is 0. The summed E-state index contributed by atoms with van der Waals surface area (Å²) in [6.45, 7) is 0. The van der Waals surface area contributed by atoms with Crippen molar-refractivity contribution in [2.24, 2.45) is 0 Å². The van der Waals surface area contributed by atoms with E-state index in [-0.39, 0.29) is 86.6 Å². The zero-order chi connectivity index (χ0) is 8.08. The SMILES string of the molecule is O=S(=O)(O)O.O=[N+]([O-])O.[Ba+2].[CaH2]. The molecular formula is H5BaCaNO7S+2. The number of hydrogen-bond donors (Lipinski definition) is 3. The molecule has 0 heterocycles. The first-order valence-electron chi connectivity index (χ1n) is 1.26. The zero-order valence-electron chi connectivity index (χ0n) is 4.54. The molecule has 0 aromatic carbocycles. The van der Waals surface area contributed by atoms with Gasteiger partial charge in [0, 0.05) is 0 Å². The van der Waals surface area contributed by atoms with Crippen LogP contribution in [0.3, 0.4) is 0 Å². The molecule has 60 valence electrons. The summed E-state index contributed by atoms with van der Waals surface area (Å²) in [6.07, 6.45) is 0. The molecule has 0 aromatic rings. The van der Waals surface area contributed by atoms with Crippen LogP contribution in [0, 0.1) is 10.1 Å². The normalized spacial score (nSPS) is 7.45. The second-order valence-corrected chi connectivity index (χ2v) is 1.58. The van der Waals surface area contributed by atoms with Gasteiger partial charge in [-0.25, -0.2) is 0 Å². The van der Waals surface area contributed by atoms with Crippen LogP contribution in [-0.4, -0.2) is 114 Å². The van der Waals surface area contributed by atoms with Crippen molar-refractivity contribution < 1.29 is 27.8 Å². The molecule has 0 bridgehead atoms. The molecule has 11 heavy (non-hydrogen) atoms. The molecule has 0 rings (SSSR count). The summed E-state index contributed by atoms with van der Waals surface area (Å²) in [5.74, 6) is 0. The topological polar surface area (TPSA) is 138 Å². The van der Waals surface area contributed by atoms with E-state index in [0.717, 1.165) is 0 Å². The summed E-state index contributed by atoms with van der Waals surface area (Å²) in [6, 6.07) is 0. The van der Waals surface area contributed by atoms with Crippen LogP contribution in [-0.2, 0) is 10.4 Å². The zero-order valence-corrected chi connectivity index (χ0v) is 9.79. The maximum absolute atomic E-state index is 8.74. The van der Waals surface area contributed by atoms with Gasteiger partial charge in [0.05, 0.1) is 0 Å². The van der Waals surface area contributed by atoms with E-state index in [1.54, 1.807) is 0 Å². The summed E-state index contributed by atoms with van der Waals surface area (Å²) in [5, 5.41) is 13.6. The summed E-state index contributed by atoms with van der Waals surface area (Å²) in [7, 11) is -4.67. The van der Waals surface area contributed by atoms with E-state index < -0.39 is 15.5 Å². The molecule has 0 radical (unpaired) electrons. The molecule has 0 aliphatic rings. The number of hydrogen-bond acceptors (Lipinski definition) is 4. The van der Waals surface area contributed by atoms with E-state index in [2.05, 4.69) is 0 Å². The third-order valence-electron chi connectivity index (χ3n) is 0. The molecule has 0 aliphatic carbocycles. The molecule has 0 fully saturated rings. The quantitative estimate of drug-likeness (QED) is 0.195. The molecule has 0 aromatic heterocycles. The Balaban J connectivity index is -0.0000000383. The van der Waals surface area contributed by atoms with Gasteiger partial charge in [-0.2, -0.15) is 8.42 Å². The van der Waals surface area contributed by atoms with Gasteiger partial charge < -0.3 is 5.21 Å². The van der Waals surface area contributed by atoms with Crippen LogP contribution in [0.5, 0.6) is 0 Å². The van der Waals surface area contributed by atoms with Gasteiger partial charge in [-0.15, -0.1) is 10.1 Å². The monoisotopic (exact) mass is 341 g/mol. The first-order valence-corrected chi connectivity index (χ1v) is 2.66. The van der Waals surface area contributed by atoms with Gasteiger partial charge in [0.1, 0.15) is 0 Å². The Hall–Kier alpha value is 1.90. The van der Waals surface area contributed by atoms with Crippen LogP contribution in [0.15, 0.2) is 0 Å². The Morgan fingerprint density at radius 2 is 1.27 bits per heavy atom. The van der Waals surface area contributed by atoms with Gasteiger partial charge in [0.25, 0.3) is 5.09 Å². The molecule has 0 saturated carbocycles.